The molecule has 1 unspecified atom stereocenters. The Morgan fingerprint density at radius 3 is 2.48 bits per heavy atom. The van der Waals surface area contributed by atoms with Gasteiger partial charge in [0, 0.05) is 34.8 Å². The first-order valence-corrected chi connectivity index (χ1v) is 11.0. The van der Waals surface area contributed by atoms with Crippen molar-refractivity contribution in [1.29, 1.82) is 0 Å². The normalized spacial score (nSPS) is 12.1. The van der Waals surface area contributed by atoms with Gasteiger partial charge in [0.1, 0.15) is 6.10 Å². The molecule has 0 spiro atoms. The minimum Gasteiger partial charge on any atom is -0.386 e. The van der Waals surface area contributed by atoms with E-state index in [9.17, 15) is 9.90 Å². The van der Waals surface area contributed by atoms with Gasteiger partial charge < -0.3 is 21.1 Å². The third-order valence-electron chi connectivity index (χ3n) is 4.51. The van der Waals surface area contributed by atoms with Gasteiger partial charge in [-0.15, -0.1) is 35.3 Å². The summed E-state index contributed by atoms with van der Waals surface area (Å²) >= 11 is 1.60. The van der Waals surface area contributed by atoms with Crippen molar-refractivity contribution in [3.8, 4) is 0 Å². The number of hydrogen-bond donors (Lipinski definition) is 4. The molecule has 1 atom stereocenters. The zero-order chi connectivity index (χ0) is 21.2. The van der Waals surface area contributed by atoms with E-state index in [1.54, 1.807) is 23.5 Å². The van der Waals surface area contributed by atoms with Crippen LogP contribution in [-0.4, -0.2) is 43.2 Å². The van der Waals surface area contributed by atoms with Gasteiger partial charge in [0.2, 0.25) is 0 Å². The largest absolute Gasteiger partial charge is 0.386 e. The lowest BCUT2D eigenvalue weighted by Crippen LogP contribution is -2.39. The summed E-state index contributed by atoms with van der Waals surface area (Å²) in [5.74, 6) is 0.592. The Morgan fingerprint density at radius 2 is 1.74 bits per heavy atom. The molecule has 1 amide bonds. The van der Waals surface area contributed by atoms with Crippen molar-refractivity contribution in [2.24, 2.45) is 4.99 Å². The standard InChI is InChI=1S/C23H28N4O2S.HI/c1-2-24-23(26-14-8-13-25-22(29)17-9-4-3-5-10-17)27-16-19(28)21-15-18-11-6-7-12-20(18)30-21;/h3-7,9-12,15,19,28H,2,8,13-14,16H2,1H3,(H,25,29)(H2,24,26,27);1H. The molecule has 166 valence electrons. The van der Waals surface area contributed by atoms with Crippen LogP contribution in [0.25, 0.3) is 10.1 Å². The molecular formula is C23H29IN4O2S. The van der Waals surface area contributed by atoms with Gasteiger partial charge in [-0.1, -0.05) is 36.4 Å². The average molecular weight is 552 g/mol. The van der Waals surface area contributed by atoms with Crippen molar-refractivity contribution in [3.63, 3.8) is 0 Å². The SMILES string of the molecule is CCNC(=NCC(O)c1cc2ccccc2s1)NCCCNC(=O)c1ccccc1.I. The lowest BCUT2D eigenvalue weighted by atomic mass is 10.2. The maximum atomic E-state index is 12.0. The molecule has 31 heavy (non-hydrogen) atoms. The highest BCUT2D eigenvalue weighted by molar-refractivity contribution is 14.0. The average Bonchev–Trinajstić information content (AvgIpc) is 3.22. The van der Waals surface area contributed by atoms with Gasteiger partial charge in [0.15, 0.2) is 5.96 Å². The highest BCUT2D eigenvalue weighted by atomic mass is 127. The Morgan fingerprint density at radius 1 is 1.03 bits per heavy atom. The number of carbonyl (C=O) groups is 1. The second-order valence-corrected chi connectivity index (χ2v) is 7.94. The Hall–Kier alpha value is -2.17. The molecule has 0 radical (unpaired) electrons. The number of nitrogens with one attached hydrogen (secondary N) is 3. The third-order valence-corrected chi connectivity index (χ3v) is 5.72. The predicted molar refractivity (Wildman–Crippen MR) is 140 cm³/mol. The van der Waals surface area contributed by atoms with Crippen molar-refractivity contribution >= 4 is 57.3 Å². The summed E-state index contributed by atoms with van der Waals surface area (Å²) < 4.78 is 1.16. The quantitative estimate of drug-likeness (QED) is 0.140. The highest BCUT2D eigenvalue weighted by Crippen LogP contribution is 2.29. The third kappa shape index (κ3) is 7.79. The van der Waals surface area contributed by atoms with Crippen LogP contribution >= 0.6 is 35.3 Å². The predicted octanol–water partition coefficient (Wildman–Crippen LogP) is 3.93. The van der Waals surface area contributed by atoms with Gasteiger partial charge in [-0.05, 0) is 43.0 Å². The number of aliphatic hydroxyl groups is 1. The summed E-state index contributed by atoms with van der Waals surface area (Å²) in [6, 6.07) is 19.3. The van der Waals surface area contributed by atoms with E-state index in [-0.39, 0.29) is 36.4 Å². The lowest BCUT2D eigenvalue weighted by Gasteiger charge is -2.13. The minimum absolute atomic E-state index is 0. The minimum atomic E-state index is -0.636. The molecule has 6 nitrogen and oxygen atoms in total. The molecule has 0 aliphatic heterocycles. The number of rotatable bonds is 9. The van der Waals surface area contributed by atoms with E-state index in [0.29, 0.717) is 24.6 Å². The van der Waals surface area contributed by atoms with E-state index in [0.717, 1.165) is 27.9 Å². The molecular weight excluding hydrogens is 523 g/mol. The number of fused-ring (bicyclic) bond motifs is 1. The fourth-order valence-electron chi connectivity index (χ4n) is 2.96. The number of halogens is 1. The van der Waals surface area contributed by atoms with Crippen LogP contribution in [0.15, 0.2) is 65.7 Å². The number of aliphatic imine (C=N–C) groups is 1. The van der Waals surface area contributed by atoms with Crippen LogP contribution in [-0.2, 0) is 0 Å². The van der Waals surface area contributed by atoms with Crippen LogP contribution in [0.3, 0.4) is 0 Å². The maximum absolute atomic E-state index is 12.0. The molecule has 0 saturated carbocycles. The zero-order valence-electron chi connectivity index (χ0n) is 17.5. The fourth-order valence-corrected chi connectivity index (χ4v) is 4.01. The molecule has 0 aliphatic carbocycles. The second-order valence-electron chi connectivity index (χ2n) is 6.82. The van der Waals surface area contributed by atoms with Crippen LogP contribution in [0.1, 0.15) is 34.7 Å². The van der Waals surface area contributed by atoms with E-state index in [1.165, 1.54) is 0 Å². The van der Waals surface area contributed by atoms with Crippen LogP contribution < -0.4 is 16.0 Å². The summed E-state index contributed by atoms with van der Waals surface area (Å²) in [6.45, 7) is 4.26. The van der Waals surface area contributed by atoms with E-state index in [1.807, 2.05) is 49.4 Å². The second kappa shape index (κ2) is 13.3. The van der Waals surface area contributed by atoms with Crippen LogP contribution in [0, 0.1) is 0 Å². The molecule has 0 fully saturated rings. The summed E-state index contributed by atoms with van der Waals surface area (Å²) in [5.41, 5.74) is 0.663. The van der Waals surface area contributed by atoms with E-state index in [2.05, 4.69) is 27.0 Å². The van der Waals surface area contributed by atoms with Crippen LogP contribution in [0.5, 0.6) is 0 Å². The van der Waals surface area contributed by atoms with Crippen LogP contribution in [0.4, 0.5) is 0 Å². The molecule has 2 aromatic carbocycles. The van der Waals surface area contributed by atoms with Gasteiger partial charge in [0.25, 0.3) is 5.91 Å². The number of amides is 1. The number of guanidine groups is 1. The summed E-state index contributed by atoms with van der Waals surface area (Å²) in [4.78, 5) is 17.4. The first-order valence-electron chi connectivity index (χ1n) is 10.2. The smallest absolute Gasteiger partial charge is 0.251 e. The van der Waals surface area contributed by atoms with Crippen molar-refractivity contribution in [1.82, 2.24) is 16.0 Å². The topological polar surface area (TPSA) is 85.8 Å². The highest BCUT2D eigenvalue weighted by Gasteiger charge is 2.11. The van der Waals surface area contributed by atoms with E-state index < -0.39 is 6.10 Å². The Kier molecular flexibility index (Phi) is 10.8. The number of nitrogens with zero attached hydrogens (tertiary/aromatic N) is 1. The van der Waals surface area contributed by atoms with Crippen molar-refractivity contribution in [3.05, 3.63) is 71.1 Å². The van der Waals surface area contributed by atoms with Crippen molar-refractivity contribution in [2.75, 3.05) is 26.2 Å². The Labute approximate surface area is 204 Å². The van der Waals surface area contributed by atoms with Crippen LogP contribution in [0.2, 0.25) is 0 Å². The molecule has 0 aliphatic rings. The van der Waals surface area contributed by atoms with Gasteiger partial charge in [-0.25, -0.2) is 0 Å². The van der Waals surface area contributed by atoms with Crippen molar-refractivity contribution < 1.29 is 9.90 Å². The number of benzene rings is 2. The first-order chi connectivity index (χ1) is 14.7. The van der Waals surface area contributed by atoms with Gasteiger partial charge in [0.05, 0.1) is 6.54 Å². The molecule has 0 saturated heterocycles. The number of hydrogen-bond acceptors (Lipinski definition) is 4. The van der Waals surface area contributed by atoms with Gasteiger partial charge >= 0.3 is 0 Å². The zero-order valence-corrected chi connectivity index (χ0v) is 20.7. The summed E-state index contributed by atoms with van der Waals surface area (Å²) in [6.07, 6.45) is 0.130. The summed E-state index contributed by atoms with van der Waals surface area (Å²) in [5, 5.41) is 21.0. The van der Waals surface area contributed by atoms with Gasteiger partial charge in [-0.3, -0.25) is 9.79 Å². The number of thiophene rings is 1. The number of carbonyl (C=O) groups excluding carboxylic acids is 1. The first kappa shape index (κ1) is 25.1. The molecule has 1 aromatic heterocycles. The number of aliphatic hydroxyl groups excluding tert-OH is 1. The monoisotopic (exact) mass is 552 g/mol. The molecule has 4 N–H and O–H groups in total. The molecule has 8 heteroatoms. The van der Waals surface area contributed by atoms with E-state index in [4.69, 9.17) is 0 Å². The van der Waals surface area contributed by atoms with E-state index >= 15 is 0 Å². The maximum Gasteiger partial charge on any atom is 0.251 e. The molecule has 3 aromatic rings. The summed E-state index contributed by atoms with van der Waals surface area (Å²) in [7, 11) is 0. The molecule has 0 bridgehead atoms. The van der Waals surface area contributed by atoms with Gasteiger partial charge in [-0.2, -0.15) is 0 Å². The molecule has 3 rings (SSSR count). The lowest BCUT2D eigenvalue weighted by molar-refractivity contribution is 0.0953. The Balaban J connectivity index is 0.00000341. The molecule has 1 heterocycles. The Bertz CT molecular complexity index is 945. The van der Waals surface area contributed by atoms with Crippen molar-refractivity contribution in [2.45, 2.75) is 19.4 Å². The fraction of sp³-hybridized carbons (Fsp3) is 0.304.